The Hall–Kier alpha value is -1.15. The number of hydrogen-bond acceptors (Lipinski definition) is 2. The van der Waals surface area contributed by atoms with Crippen LogP contribution in [0.25, 0.3) is 6.08 Å². The summed E-state index contributed by atoms with van der Waals surface area (Å²) in [6.07, 6.45) is 5.87. The highest BCUT2D eigenvalue weighted by Gasteiger charge is 2.01. The summed E-state index contributed by atoms with van der Waals surface area (Å²) in [5, 5.41) is 3.19. The molecule has 76 valence electrons. The molecule has 1 heterocycles. The van der Waals surface area contributed by atoms with E-state index in [9.17, 15) is 0 Å². The minimum atomic E-state index is 0.579. The molecular formula is C12H18N2. The van der Waals surface area contributed by atoms with Crippen LogP contribution in [0.1, 0.15) is 19.4 Å². The molecular weight excluding hydrogens is 172 g/mol. The van der Waals surface area contributed by atoms with Crippen molar-refractivity contribution in [2.24, 2.45) is 5.92 Å². The Balaban J connectivity index is 2.82. The number of pyridine rings is 1. The van der Waals surface area contributed by atoms with Gasteiger partial charge in [0.15, 0.2) is 0 Å². The van der Waals surface area contributed by atoms with Crippen LogP contribution < -0.4 is 5.32 Å². The summed E-state index contributed by atoms with van der Waals surface area (Å²) >= 11 is 0. The molecule has 1 aromatic rings. The summed E-state index contributed by atoms with van der Waals surface area (Å²) in [6.45, 7) is 5.37. The first-order valence-corrected chi connectivity index (χ1v) is 4.99. The van der Waals surface area contributed by atoms with E-state index < -0.39 is 0 Å². The van der Waals surface area contributed by atoms with Gasteiger partial charge in [0.05, 0.1) is 0 Å². The molecule has 0 atom stereocenters. The molecule has 0 fully saturated rings. The first-order chi connectivity index (χ1) is 6.74. The average Bonchev–Trinajstić information content (AvgIpc) is 2.18. The predicted molar refractivity (Wildman–Crippen MR) is 61.0 cm³/mol. The Labute approximate surface area is 86.1 Å². The Morgan fingerprint density at radius 2 is 2.07 bits per heavy atom. The molecule has 0 amide bonds. The van der Waals surface area contributed by atoms with E-state index in [1.165, 1.54) is 11.1 Å². The van der Waals surface area contributed by atoms with E-state index in [4.69, 9.17) is 0 Å². The lowest BCUT2D eigenvalue weighted by molar-refractivity contribution is 0.713. The van der Waals surface area contributed by atoms with Crippen molar-refractivity contribution < 1.29 is 0 Å². The highest BCUT2D eigenvalue weighted by atomic mass is 14.8. The van der Waals surface area contributed by atoms with Gasteiger partial charge in [-0.3, -0.25) is 4.98 Å². The van der Waals surface area contributed by atoms with Crippen molar-refractivity contribution in [2.45, 2.75) is 13.8 Å². The van der Waals surface area contributed by atoms with Crippen LogP contribution in [0, 0.1) is 5.92 Å². The van der Waals surface area contributed by atoms with Gasteiger partial charge < -0.3 is 5.32 Å². The Morgan fingerprint density at radius 1 is 1.43 bits per heavy atom. The largest absolute Gasteiger partial charge is 0.316 e. The number of hydrogen-bond donors (Lipinski definition) is 1. The fourth-order valence-corrected chi connectivity index (χ4v) is 1.30. The van der Waals surface area contributed by atoms with Gasteiger partial charge in [0.2, 0.25) is 0 Å². The van der Waals surface area contributed by atoms with Crippen molar-refractivity contribution >= 4 is 6.08 Å². The van der Waals surface area contributed by atoms with Crippen LogP contribution in [0.15, 0.2) is 30.1 Å². The van der Waals surface area contributed by atoms with E-state index in [-0.39, 0.29) is 0 Å². The van der Waals surface area contributed by atoms with Crippen molar-refractivity contribution in [1.82, 2.24) is 10.3 Å². The quantitative estimate of drug-likeness (QED) is 0.788. The van der Waals surface area contributed by atoms with Crippen LogP contribution in [-0.4, -0.2) is 18.6 Å². The molecule has 0 radical (unpaired) electrons. The number of aromatic nitrogens is 1. The van der Waals surface area contributed by atoms with Gasteiger partial charge in [0.25, 0.3) is 0 Å². The zero-order valence-electron chi connectivity index (χ0n) is 9.12. The molecule has 2 heteroatoms. The van der Waals surface area contributed by atoms with Crippen LogP contribution in [0.4, 0.5) is 0 Å². The highest BCUT2D eigenvalue weighted by Crippen LogP contribution is 2.13. The maximum atomic E-state index is 4.00. The summed E-state index contributed by atoms with van der Waals surface area (Å²) in [6, 6.07) is 4.05. The standard InChI is InChI=1S/C12H18N2/c1-10(2)12(9-13-3)8-11-4-6-14-7-5-11/h4-8,10,13H,9H2,1-3H3. The van der Waals surface area contributed by atoms with Crippen molar-refractivity contribution in [3.05, 3.63) is 35.7 Å². The maximum Gasteiger partial charge on any atom is 0.0273 e. The van der Waals surface area contributed by atoms with Gasteiger partial charge in [-0.1, -0.05) is 25.5 Å². The van der Waals surface area contributed by atoms with E-state index in [1.807, 2.05) is 31.6 Å². The summed E-state index contributed by atoms with van der Waals surface area (Å²) < 4.78 is 0. The van der Waals surface area contributed by atoms with E-state index in [0.717, 1.165) is 6.54 Å². The third-order valence-corrected chi connectivity index (χ3v) is 2.18. The van der Waals surface area contributed by atoms with Gasteiger partial charge in [-0.15, -0.1) is 0 Å². The highest BCUT2D eigenvalue weighted by molar-refractivity contribution is 5.52. The zero-order chi connectivity index (χ0) is 10.4. The lowest BCUT2D eigenvalue weighted by Gasteiger charge is -2.10. The third kappa shape index (κ3) is 3.30. The second kappa shape index (κ2) is 5.55. The molecule has 0 unspecified atom stereocenters. The molecule has 2 nitrogen and oxygen atoms in total. The zero-order valence-corrected chi connectivity index (χ0v) is 9.12. The Kier molecular flexibility index (Phi) is 4.33. The van der Waals surface area contributed by atoms with Crippen molar-refractivity contribution in [3.8, 4) is 0 Å². The minimum absolute atomic E-state index is 0.579. The predicted octanol–water partition coefficient (Wildman–Crippen LogP) is 2.34. The summed E-state index contributed by atoms with van der Waals surface area (Å²) in [7, 11) is 1.97. The second-order valence-corrected chi connectivity index (χ2v) is 3.68. The molecule has 0 aromatic carbocycles. The third-order valence-electron chi connectivity index (χ3n) is 2.18. The molecule has 0 saturated heterocycles. The molecule has 0 spiro atoms. The monoisotopic (exact) mass is 190 g/mol. The fraction of sp³-hybridized carbons (Fsp3) is 0.417. The van der Waals surface area contributed by atoms with E-state index in [0.29, 0.717) is 5.92 Å². The van der Waals surface area contributed by atoms with Crippen LogP contribution in [0.5, 0.6) is 0 Å². The Morgan fingerprint density at radius 3 is 2.57 bits per heavy atom. The molecule has 1 N–H and O–H groups in total. The Bertz CT molecular complexity index is 288. The van der Waals surface area contributed by atoms with Crippen LogP contribution in [-0.2, 0) is 0 Å². The van der Waals surface area contributed by atoms with Gasteiger partial charge in [0.1, 0.15) is 0 Å². The normalized spacial score (nSPS) is 12.1. The minimum Gasteiger partial charge on any atom is -0.316 e. The number of nitrogens with zero attached hydrogens (tertiary/aromatic N) is 1. The van der Waals surface area contributed by atoms with Crippen molar-refractivity contribution in [3.63, 3.8) is 0 Å². The average molecular weight is 190 g/mol. The van der Waals surface area contributed by atoms with Crippen molar-refractivity contribution in [1.29, 1.82) is 0 Å². The van der Waals surface area contributed by atoms with E-state index in [2.05, 4.69) is 30.2 Å². The second-order valence-electron chi connectivity index (χ2n) is 3.68. The molecule has 0 aliphatic carbocycles. The molecule has 0 bridgehead atoms. The van der Waals surface area contributed by atoms with Crippen molar-refractivity contribution in [2.75, 3.05) is 13.6 Å². The summed E-state index contributed by atoms with van der Waals surface area (Å²) in [4.78, 5) is 4.00. The van der Waals surface area contributed by atoms with E-state index in [1.54, 1.807) is 0 Å². The molecule has 1 aromatic heterocycles. The first kappa shape index (κ1) is 10.9. The SMILES string of the molecule is CNCC(=Cc1ccncc1)C(C)C. The van der Waals surface area contributed by atoms with E-state index >= 15 is 0 Å². The topological polar surface area (TPSA) is 24.9 Å². The molecule has 0 saturated carbocycles. The van der Waals surface area contributed by atoms with Gasteiger partial charge in [-0.05, 0) is 30.7 Å². The smallest absolute Gasteiger partial charge is 0.0273 e. The summed E-state index contributed by atoms with van der Waals surface area (Å²) in [5.41, 5.74) is 2.64. The molecule has 1 rings (SSSR count). The number of likely N-dealkylation sites (N-methyl/N-ethyl adjacent to an activating group) is 1. The van der Waals surface area contributed by atoms with Gasteiger partial charge in [-0.2, -0.15) is 0 Å². The maximum absolute atomic E-state index is 4.00. The molecule has 14 heavy (non-hydrogen) atoms. The first-order valence-electron chi connectivity index (χ1n) is 4.99. The van der Waals surface area contributed by atoms with Gasteiger partial charge in [-0.25, -0.2) is 0 Å². The van der Waals surface area contributed by atoms with Crippen LogP contribution >= 0.6 is 0 Å². The number of nitrogens with one attached hydrogen (secondary N) is 1. The van der Waals surface area contributed by atoms with Gasteiger partial charge in [0, 0.05) is 18.9 Å². The fourth-order valence-electron chi connectivity index (χ4n) is 1.30. The molecule has 0 aliphatic rings. The lowest BCUT2D eigenvalue weighted by Crippen LogP contribution is -2.13. The van der Waals surface area contributed by atoms with Crippen LogP contribution in [0.2, 0.25) is 0 Å². The summed E-state index contributed by atoms with van der Waals surface area (Å²) in [5.74, 6) is 0.579. The molecule has 0 aliphatic heterocycles. The number of rotatable bonds is 4. The van der Waals surface area contributed by atoms with Gasteiger partial charge >= 0.3 is 0 Å². The van der Waals surface area contributed by atoms with Crippen LogP contribution in [0.3, 0.4) is 0 Å². The lowest BCUT2D eigenvalue weighted by atomic mass is 10.0.